The van der Waals surface area contributed by atoms with Crippen molar-refractivity contribution in [1.29, 1.82) is 0 Å². The van der Waals surface area contributed by atoms with Crippen molar-refractivity contribution in [2.45, 2.75) is 32.7 Å². The zero-order valence-electron chi connectivity index (χ0n) is 13.6. The summed E-state index contributed by atoms with van der Waals surface area (Å²) in [6.07, 6.45) is 4.65. The van der Waals surface area contributed by atoms with Crippen LogP contribution < -0.4 is 10.7 Å². The lowest BCUT2D eigenvalue weighted by Gasteiger charge is -2.28. The van der Waals surface area contributed by atoms with Crippen molar-refractivity contribution in [1.82, 2.24) is 15.0 Å². The number of hydrazone groups is 1. The summed E-state index contributed by atoms with van der Waals surface area (Å²) in [6.45, 7) is 6.21. The number of anilines is 2. The van der Waals surface area contributed by atoms with Crippen molar-refractivity contribution in [3.8, 4) is 0 Å². The van der Waals surface area contributed by atoms with Gasteiger partial charge in [0.1, 0.15) is 0 Å². The molecule has 0 radical (unpaired) electrons. The summed E-state index contributed by atoms with van der Waals surface area (Å²) in [5, 5.41) is 6.35. The normalized spacial score (nSPS) is 16.8. The van der Waals surface area contributed by atoms with Crippen molar-refractivity contribution in [2.75, 3.05) is 10.7 Å². The van der Waals surface area contributed by atoms with Gasteiger partial charge in [-0.05, 0) is 32.4 Å². The maximum Gasteiger partial charge on any atom is 0.252 e. The first kappa shape index (κ1) is 15.1. The molecule has 6 nitrogen and oxygen atoms in total. The van der Waals surface area contributed by atoms with Crippen molar-refractivity contribution in [2.24, 2.45) is 5.10 Å². The largest absolute Gasteiger partial charge is 0.368 e. The fourth-order valence-corrected chi connectivity index (χ4v) is 2.66. The number of nitrogens with zero attached hydrogens (tertiary/aromatic N) is 5. The molecule has 0 spiro atoms. The molecule has 118 valence electrons. The van der Waals surface area contributed by atoms with Crippen LogP contribution in [0.2, 0.25) is 0 Å². The van der Waals surface area contributed by atoms with Crippen molar-refractivity contribution >= 4 is 29.8 Å². The summed E-state index contributed by atoms with van der Waals surface area (Å²) in [4.78, 5) is 12.9. The minimum Gasteiger partial charge on any atom is -0.368 e. The van der Waals surface area contributed by atoms with Crippen LogP contribution in [0.4, 0.5) is 11.9 Å². The number of benzene rings is 1. The molecule has 0 atom stereocenters. The number of rotatable bonds is 3. The van der Waals surface area contributed by atoms with E-state index < -0.39 is 0 Å². The maximum absolute atomic E-state index is 5.85. The highest BCUT2D eigenvalue weighted by Gasteiger charge is 2.35. The molecule has 0 amide bonds. The van der Waals surface area contributed by atoms with Crippen LogP contribution >= 0.6 is 0 Å². The Balaban J connectivity index is 1.92. The van der Waals surface area contributed by atoms with Gasteiger partial charge in [-0.15, -0.1) is 0 Å². The summed E-state index contributed by atoms with van der Waals surface area (Å²) in [5.41, 5.74) is 7.80. The monoisotopic (exact) mass is 308 g/mol. The Morgan fingerprint density at radius 2 is 1.83 bits per heavy atom. The Morgan fingerprint density at radius 3 is 2.48 bits per heavy atom. The molecular formula is C17H20N6. The van der Waals surface area contributed by atoms with E-state index in [1.165, 1.54) is 0 Å². The van der Waals surface area contributed by atoms with Crippen molar-refractivity contribution < 1.29 is 0 Å². The van der Waals surface area contributed by atoms with Crippen molar-refractivity contribution in [3.63, 3.8) is 0 Å². The Hall–Kier alpha value is -2.76. The van der Waals surface area contributed by atoms with E-state index in [0.717, 1.165) is 17.7 Å². The number of hydrogen-bond donors (Lipinski definition) is 1. The predicted octanol–water partition coefficient (Wildman–Crippen LogP) is 2.99. The molecule has 0 saturated carbocycles. The lowest BCUT2D eigenvalue weighted by molar-refractivity contribution is 0.505. The van der Waals surface area contributed by atoms with Crippen LogP contribution in [0.1, 0.15) is 38.6 Å². The Morgan fingerprint density at radius 1 is 1.09 bits per heavy atom. The molecule has 2 aromatic rings. The topological polar surface area (TPSA) is 80.3 Å². The zero-order chi connectivity index (χ0) is 16.4. The third kappa shape index (κ3) is 3.36. The summed E-state index contributed by atoms with van der Waals surface area (Å²) < 4.78 is 0. The minimum absolute atomic E-state index is 0.168. The summed E-state index contributed by atoms with van der Waals surface area (Å²) in [5.74, 6) is 1.19. The number of nitrogens with two attached hydrogens (primary N) is 1. The van der Waals surface area contributed by atoms with E-state index in [-0.39, 0.29) is 11.5 Å². The van der Waals surface area contributed by atoms with Crippen LogP contribution in [-0.4, -0.2) is 26.2 Å². The smallest absolute Gasteiger partial charge is 0.252 e. The molecule has 6 heteroatoms. The van der Waals surface area contributed by atoms with Crippen molar-refractivity contribution in [3.05, 3.63) is 41.7 Å². The second-order valence-corrected chi connectivity index (χ2v) is 6.23. The molecule has 1 aliphatic rings. The standard InChI is InChI=1S/C17H20N6/c1-12-11-17(2,3)23(22-12)16-20-14(19-15(18)21-16)10-9-13-7-5-4-6-8-13/h4-10H,11H2,1-3H3,(H2,18,19,20,21)/b10-9+. The first-order chi connectivity index (χ1) is 10.9. The quantitative estimate of drug-likeness (QED) is 0.942. The Labute approximate surface area is 135 Å². The molecule has 0 unspecified atom stereocenters. The zero-order valence-corrected chi connectivity index (χ0v) is 13.6. The maximum atomic E-state index is 5.85. The second kappa shape index (κ2) is 5.79. The number of aromatic nitrogens is 3. The average molecular weight is 308 g/mol. The van der Waals surface area contributed by atoms with Crippen LogP contribution in [0.5, 0.6) is 0 Å². The van der Waals surface area contributed by atoms with Gasteiger partial charge in [-0.1, -0.05) is 36.4 Å². The summed E-state index contributed by atoms with van der Waals surface area (Å²) in [7, 11) is 0. The van der Waals surface area contributed by atoms with Crippen LogP contribution in [0, 0.1) is 0 Å². The van der Waals surface area contributed by atoms with E-state index >= 15 is 0 Å². The van der Waals surface area contributed by atoms with E-state index in [2.05, 4.69) is 33.9 Å². The van der Waals surface area contributed by atoms with Gasteiger partial charge in [0, 0.05) is 12.1 Å². The summed E-state index contributed by atoms with van der Waals surface area (Å²) in [6, 6.07) is 9.97. The van der Waals surface area contributed by atoms with Crippen LogP contribution in [-0.2, 0) is 0 Å². The highest BCUT2D eigenvalue weighted by atomic mass is 15.6. The van der Waals surface area contributed by atoms with E-state index in [4.69, 9.17) is 5.73 Å². The molecule has 23 heavy (non-hydrogen) atoms. The first-order valence-electron chi connectivity index (χ1n) is 7.53. The summed E-state index contributed by atoms with van der Waals surface area (Å²) >= 11 is 0. The fraction of sp³-hybridized carbons (Fsp3) is 0.294. The molecule has 3 rings (SSSR count). The Bertz CT molecular complexity index is 764. The third-order valence-electron chi connectivity index (χ3n) is 3.60. The molecule has 1 aliphatic heterocycles. The first-order valence-corrected chi connectivity index (χ1v) is 7.53. The van der Waals surface area contributed by atoms with E-state index in [1.54, 1.807) is 0 Å². The molecule has 0 saturated heterocycles. The van der Waals surface area contributed by atoms with Gasteiger partial charge < -0.3 is 5.73 Å². The van der Waals surface area contributed by atoms with Gasteiger partial charge in [0.25, 0.3) is 5.95 Å². The molecule has 1 aromatic carbocycles. The lowest BCUT2D eigenvalue weighted by Crippen LogP contribution is -2.37. The molecular weight excluding hydrogens is 288 g/mol. The fourth-order valence-electron chi connectivity index (χ4n) is 2.66. The van der Waals surface area contributed by atoms with Gasteiger partial charge >= 0.3 is 0 Å². The molecule has 1 aromatic heterocycles. The lowest BCUT2D eigenvalue weighted by atomic mass is 9.99. The molecule has 0 aliphatic carbocycles. The van der Waals surface area contributed by atoms with Gasteiger partial charge in [0.15, 0.2) is 5.82 Å². The number of hydrogen-bond acceptors (Lipinski definition) is 6. The highest BCUT2D eigenvalue weighted by Crippen LogP contribution is 2.30. The van der Waals surface area contributed by atoms with E-state index in [0.29, 0.717) is 11.8 Å². The molecule has 0 bridgehead atoms. The Kier molecular flexibility index (Phi) is 3.82. The van der Waals surface area contributed by atoms with E-state index in [9.17, 15) is 0 Å². The third-order valence-corrected chi connectivity index (χ3v) is 3.60. The van der Waals surface area contributed by atoms with Crippen LogP contribution in [0.3, 0.4) is 0 Å². The molecule has 2 N–H and O–H groups in total. The van der Waals surface area contributed by atoms with E-state index in [1.807, 2.05) is 54.4 Å². The molecule has 0 fully saturated rings. The van der Waals surface area contributed by atoms with Crippen LogP contribution in [0.15, 0.2) is 35.4 Å². The van der Waals surface area contributed by atoms with Crippen LogP contribution in [0.25, 0.3) is 12.2 Å². The average Bonchev–Trinajstić information content (AvgIpc) is 2.78. The van der Waals surface area contributed by atoms with Gasteiger partial charge in [-0.25, -0.2) is 5.01 Å². The number of nitrogen functional groups attached to an aromatic ring is 1. The minimum atomic E-state index is -0.168. The van der Waals surface area contributed by atoms with Gasteiger partial charge in [0.05, 0.1) is 5.54 Å². The predicted molar refractivity (Wildman–Crippen MR) is 93.9 cm³/mol. The molecule has 2 heterocycles. The highest BCUT2D eigenvalue weighted by molar-refractivity contribution is 5.86. The van der Waals surface area contributed by atoms with Gasteiger partial charge in [0.2, 0.25) is 5.95 Å². The van der Waals surface area contributed by atoms with Gasteiger partial charge in [-0.3, -0.25) is 0 Å². The second-order valence-electron chi connectivity index (χ2n) is 6.23. The van der Waals surface area contributed by atoms with Gasteiger partial charge in [-0.2, -0.15) is 20.1 Å². The SMILES string of the molecule is CC1=NN(c2nc(N)nc(/C=C/c3ccccc3)n2)C(C)(C)C1.